The smallest absolute Gasteiger partial charge is 0.348 e. The van der Waals surface area contributed by atoms with Crippen molar-refractivity contribution in [1.82, 2.24) is 0 Å². The van der Waals surface area contributed by atoms with E-state index in [1.165, 1.54) is 18.2 Å². The normalized spacial score (nSPS) is 10.3. The van der Waals surface area contributed by atoms with Gasteiger partial charge in [-0.05, 0) is 24.3 Å². The van der Waals surface area contributed by atoms with E-state index in [2.05, 4.69) is 0 Å². The van der Waals surface area contributed by atoms with Gasteiger partial charge in [0.05, 0.1) is 9.95 Å². The Balaban J connectivity index is 1.80. The second-order valence-electron chi connectivity index (χ2n) is 3.95. The molecule has 1 aromatic carbocycles. The molecule has 0 N–H and O–H groups in total. The van der Waals surface area contributed by atoms with Crippen LogP contribution >= 0.6 is 34.5 Å². The summed E-state index contributed by atoms with van der Waals surface area (Å²) in [6.07, 6.45) is 0. The summed E-state index contributed by atoms with van der Waals surface area (Å²) in [7, 11) is 0. The lowest BCUT2D eigenvalue weighted by Crippen LogP contribution is -2.11. The lowest BCUT2D eigenvalue weighted by atomic mass is 10.3. The fourth-order valence-corrected chi connectivity index (χ4v) is 2.66. The molecule has 0 unspecified atom stereocenters. The molecule has 1 aromatic heterocycles. The highest BCUT2D eigenvalue weighted by Gasteiger charge is 2.16. The molecular weight excluding hydrogens is 353 g/mol. The second-order valence-corrected chi connectivity index (χ2v) is 5.86. The van der Waals surface area contributed by atoms with E-state index in [1.807, 2.05) is 0 Å². The van der Waals surface area contributed by atoms with Crippen LogP contribution in [0, 0.1) is 10.1 Å². The summed E-state index contributed by atoms with van der Waals surface area (Å²) in [5, 5.41) is 11.3. The Morgan fingerprint density at radius 1 is 1.23 bits per heavy atom. The maximum Gasteiger partial charge on any atom is 0.348 e. The zero-order chi connectivity index (χ0) is 16.1. The first kappa shape index (κ1) is 16.5. The van der Waals surface area contributed by atoms with Crippen LogP contribution in [0.1, 0.15) is 9.67 Å². The fourth-order valence-electron chi connectivity index (χ4n) is 1.48. The molecule has 0 atom stereocenters. The molecule has 0 aliphatic heterocycles. The summed E-state index contributed by atoms with van der Waals surface area (Å²) in [4.78, 5) is 21.8. The van der Waals surface area contributed by atoms with E-state index in [1.54, 1.807) is 12.1 Å². The van der Waals surface area contributed by atoms with Crippen molar-refractivity contribution >= 4 is 45.5 Å². The zero-order valence-corrected chi connectivity index (χ0v) is 13.3. The molecular formula is C13H9Cl2NO5S. The van der Waals surface area contributed by atoms with Crippen LogP contribution in [0.5, 0.6) is 5.75 Å². The number of esters is 1. The minimum absolute atomic E-state index is 0.0104. The molecule has 2 rings (SSSR count). The van der Waals surface area contributed by atoms with Crippen molar-refractivity contribution in [3.63, 3.8) is 0 Å². The number of halogens is 2. The SMILES string of the molecule is O=C(OCCOc1ccc(Cl)cc1Cl)c1ccc([N+](=O)[O-])s1. The van der Waals surface area contributed by atoms with Crippen molar-refractivity contribution in [3.8, 4) is 5.75 Å². The third kappa shape index (κ3) is 4.33. The summed E-state index contributed by atoms with van der Waals surface area (Å²) in [6, 6.07) is 7.37. The molecule has 0 saturated heterocycles. The molecule has 0 spiro atoms. The Kier molecular flexibility index (Phi) is 5.59. The van der Waals surface area contributed by atoms with Gasteiger partial charge in [0.25, 0.3) is 0 Å². The van der Waals surface area contributed by atoms with E-state index >= 15 is 0 Å². The molecule has 0 saturated carbocycles. The van der Waals surface area contributed by atoms with Crippen molar-refractivity contribution in [2.24, 2.45) is 0 Å². The van der Waals surface area contributed by atoms with Gasteiger partial charge < -0.3 is 9.47 Å². The van der Waals surface area contributed by atoms with Crippen LogP contribution in [0.25, 0.3) is 0 Å². The van der Waals surface area contributed by atoms with E-state index in [0.29, 0.717) is 15.8 Å². The van der Waals surface area contributed by atoms with Crippen LogP contribution < -0.4 is 4.74 Å². The number of hydrogen-bond donors (Lipinski definition) is 0. The van der Waals surface area contributed by atoms with E-state index in [-0.39, 0.29) is 23.1 Å². The lowest BCUT2D eigenvalue weighted by molar-refractivity contribution is -0.380. The maximum absolute atomic E-state index is 11.7. The average molecular weight is 362 g/mol. The van der Waals surface area contributed by atoms with Gasteiger partial charge in [0.1, 0.15) is 23.8 Å². The third-order valence-electron chi connectivity index (χ3n) is 2.44. The van der Waals surface area contributed by atoms with Crippen LogP contribution in [0.3, 0.4) is 0 Å². The summed E-state index contributed by atoms with van der Waals surface area (Å²) in [5.74, 6) is -0.210. The molecule has 0 aliphatic rings. The number of carbonyl (C=O) groups excluding carboxylic acids is 1. The van der Waals surface area contributed by atoms with Gasteiger partial charge >= 0.3 is 11.0 Å². The Labute approximate surface area is 139 Å². The number of benzene rings is 1. The molecule has 6 nitrogen and oxygen atoms in total. The predicted octanol–water partition coefficient (Wildman–Crippen LogP) is 4.20. The topological polar surface area (TPSA) is 78.7 Å². The van der Waals surface area contributed by atoms with Gasteiger partial charge in [0.15, 0.2) is 0 Å². The Morgan fingerprint density at radius 2 is 2.00 bits per heavy atom. The quantitative estimate of drug-likeness (QED) is 0.333. The van der Waals surface area contributed by atoms with Gasteiger partial charge in [-0.15, -0.1) is 0 Å². The minimum Gasteiger partial charge on any atom is -0.488 e. The molecule has 116 valence electrons. The van der Waals surface area contributed by atoms with Crippen LogP contribution in [-0.2, 0) is 4.74 Å². The summed E-state index contributed by atoms with van der Waals surface area (Å²) in [6.45, 7) is 0.0873. The molecule has 0 amide bonds. The third-order valence-corrected chi connectivity index (χ3v) is 3.99. The molecule has 9 heteroatoms. The van der Waals surface area contributed by atoms with E-state index in [9.17, 15) is 14.9 Å². The number of nitrogens with zero attached hydrogens (tertiary/aromatic N) is 1. The highest BCUT2D eigenvalue weighted by Crippen LogP contribution is 2.27. The molecule has 0 fully saturated rings. The fraction of sp³-hybridized carbons (Fsp3) is 0.154. The van der Waals surface area contributed by atoms with Gasteiger partial charge in [0, 0.05) is 11.1 Å². The van der Waals surface area contributed by atoms with Gasteiger partial charge in [-0.3, -0.25) is 10.1 Å². The summed E-state index contributed by atoms with van der Waals surface area (Å²) in [5.41, 5.74) is 0. The number of nitro groups is 1. The standard InChI is InChI=1S/C13H9Cl2NO5S/c14-8-1-2-10(9(15)7-8)20-5-6-21-13(17)11-3-4-12(22-11)16(18)19/h1-4,7H,5-6H2. The van der Waals surface area contributed by atoms with Gasteiger partial charge in [-0.2, -0.15) is 0 Å². The molecule has 22 heavy (non-hydrogen) atoms. The predicted molar refractivity (Wildman–Crippen MR) is 83.2 cm³/mol. The first-order valence-electron chi connectivity index (χ1n) is 5.96. The van der Waals surface area contributed by atoms with E-state index in [4.69, 9.17) is 32.7 Å². The van der Waals surface area contributed by atoms with Gasteiger partial charge in [-0.1, -0.05) is 34.5 Å². The highest BCUT2D eigenvalue weighted by molar-refractivity contribution is 7.17. The monoisotopic (exact) mass is 361 g/mol. The number of thiophene rings is 1. The van der Waals surface area contributed by atoms with Crippen molar-refractivity contribution in [3.05, 3.63) is 55.4 Å². The average Bonchev–Trinajstić information content (AvgIpc) is 2.95. The molecule has 0 bridgehead atoms. The van der Waals surface area contributed by atoms with Crippen LogP contribution in [0.15, 0.2) is 30.3 Å². The maximum atomic E-state index is 11.7. The van der Waals surface area contributed by atoms with Crippen molar-refractivity contribution in [2.45, 2.75) is 0 Å². The number of hydrogen-bond acceptors (Lipinski definition) is 6. The summed E-state index contributed by atoms with van der Waals surface area (Å²) < 4.78 is 10.3. The van der Waals surface area contributed by atoms with Crippen molar-refractivity contribution in [1.29, 1.82) is 0 Å². The largest absolute Gasteiger partial charge is 0.488 e. The highest BCUT2D eigenvalue weighted by atomic mass is 35.5. The Morgan fingerprint density at radius 3 is 2.64 bits per heavy atom. The van der Waals surface area contributed by atoms with Crippen molar-refractivity contribution < 1.29 is 19.2 Å². The second kappa shape index (κ2) is 7.44. The number of carbonyl (C=O) groups is 1. The first-order valence-corrected chi connectivity index (χ1v) is 7.54. The number of ether oxygens (including phenoxy) is 2. The zero-order valence-electron chi connectivity index (χ0n) is 11.0. The minimum atomic E-state index is -0.635. The van der Waals surface area contributed by atoms with Gasteiger partial charge in [0.2, 0.25) is 0 Å². The molecule has 0 aliphatic carbocycles. The van der Waals surface area contributed by atoms with Crippen LogP contribution in [0.4, 0.5) is 5.00 Å². The molecule has 0 radical (unpaired) electrons. The van der Waals surface area contributed by atoms with Crippen molar-refractivity contribution in [2.75, 3.05) is 13.2 Å². The molecule has 1 heterocycles. The van der Waals surface area contributed by atoms with Crippen LogP contribution in [0.2, 0.25) is 10.0 Å². The molecule has 2 aromatic rings. The summed E-state index contributed by atoms with van der Waals surface area (Å²) >= 11 is 12.4. The Bertz CT molecular complexity index is 703. The van der Waals surface area contributed by atoms with E-state index < -0.39 is 10.9 Å². The van der Waals surface area contributed by atoms with Crippen LogP contribution in [-0.4, -0.2) is 24.1 Å². The Hall–Kier alpha value is -1.83. The first-order chi connectivity index (χ1) is 10.5. The van der Waals surface area contributed by atoms with Gasteiger partial charge in [-0.25, -0.2) is 4.79 Å². The lowest BCUT2D eigenvalue weighted by Gasteiger charge is -2.08. The number of rotatable bonds is 6. The van der Waals surface area contributed by atoms with E-state index in [0.717, 1.165) is 11.3 Å².